The van der Waals surface area contributed by atoms with Gasteiger partial charge >= 0.3 is 5.97 Å². The van der Waals surface area contributed by atoms with Crippen LogP contribution in [-0.4, -0.2) is 17.6 Å². The molecule has 0 aliphatic rings. The number of benzene rings is 1. The summed E-state index contributed by atoms with van der Waals surface area (Å²) in [5, 5.41) is 11.8. The Morgan fingerprint density at radius 1 is 1.57 bits per heavy atom. The van der Waals surface area contributed by atoms with Gasteiger partial charge in [0.15, 0.2) is 0 Å². The minimum atomic E-state index is -0.877. The van der Waals surface area contributed by atoms with E-state index in [0.717, 1.165) is 10.0 Å². The van der Waals surface area contributed by atoms with Crippen LogP contribution in [-0.2, 0) is 11.3 Å². The molecule has 0 unspecified atom stereocenters. The highest BCUT2D eigenvalue weighted by Crippen LogP contribution is 2.20. The molecular weight excluding hydrogens is 269 g/mol. The molecule has 1 aromatic rings. The number of carboxylic acids is 1. The molecule has 0 aliphatic carbocycles. The summed E-state index contributed by atoms with van der Waals surface area (Å²) in [6.45, 7) is 0.394. The fourth-order valence-electron chi connectivity index (χ4n) is 0.969. The predicted molar refractivity (Wildman–Crippen MR) is 58.5 cm³/mol. The molecule has 0 heterocycles. The molecule has 0 amide bonds. The first-order valence-corrected chi connectivity index (χ1v) is 5.13. The number of halogens is 2. The monoisotopic (exact) mass is 277 g/mol. The Morgan fingerprint density at radius 3 is 2.86 bits per heavy atom. The lowest BCUT2D eigenvalue weighted by molar-refractivity contribution is -0.135. The van der Waals surface area contributed by atoms with E-state index in [4.69, 9.17) is 16.7 Å². The van der Waals surface area contributed by atoms with Gasteiger partial charge in [0, 0.05) is 16.0 Å². The van der Waals surface area contributed by atoms with Gasteiger partial charge in [0.1, 0.15) is 0 Å². The Hall–Kier alpha value is -0.580. The maximum atomic E-state index is 10.2. The molecule has 0 aromatic heterocycles. The zero-order valence-corrected chi connectivity index (χ0v) is 9.60. The normalized spacial score (nSPS) is 10.1. The standard InChI is InChI=1S/C9H9BrClNO2/c10-7-2-1-6(8(11)3-7)4-12-5-9(13)14/h1-3,12H,4-5H2,(H,13,14). The van der Waals surface area contributed by atoms with Gasteiger partial charge in [0.2, 0.25) is 0 Å². The summed E-state index contributed by atoms with van der Waals surface area (Å²) in [5.74, 6) is -0.877. The van der Waals surface area contributed by atoms with Crippen molar-refractivity contribution in [2.75, 3.05) is 6.54 Å². The van der Waals surface area contributed by atoms with Gasteiger partial charge in [-0.1, -0.05) is 33.6 Å². The van der Waals surface area contributed by atoms with E-state index in [0.29, 0.717) is 11.6 Å². The van der Waals surface area contributed by atoms with E-state index in [9.17, 15) is 4.79 Å². The lowest BCUT2D eigenvalue weighted by atomic mass is 10.2. The van der Waals surface area contributed by atoms with Crippen LogP contribution in [0.15, 0.2) is 22.7 Å². The van der Waals surface area contributed by atoms with E-state index in [1.807, 2.05) is 12.1 Å². The summed E-state index contributed by atoms with van der Waals surface area (Å²) in [4.78, 5) is 10.2. The summed E-state index contributed by atoms with van der Waals surface area (Å²) in [5.41, 5.74) is 0.885. The van der Waals surface area contributed by atoms with Crippen LogP contribution in [0.1, 0.15) is 5.56 Å². The van der Waals surface area contributed by atoms with Gasteiger partial charge in [-0.2, -0.15) is 0 Å². The van der Waals surface area contributed by atoms with Crippen LogP contribution in [0.5, 0.6) is 0 Å². The number of aliphatic carboxylic acids is 1. The second-order valence-corrected chi connectivity index (χ2v) is 4.06. The number of carbonyl (C=O) groups is 1. The quantitative estimate of drug-likeness (QED) is 0.888. The Kier molecular flexibility index (Phi) is 4.38. The van der Waals surface area contributed by atoms with Crippen molar-refractivity contribution in [2.24, 2.45) is 0 Å². The molecule has 76 valence electrons. The number of rotatable bonds is 4. The fourth-order valence-corrected chi connectivity index (χ4v) is 1.71. The summed E-state index contributed by atoms with van der Waals surface area (Å²) in [6.07, 6.45) is 0. The van der Waals surface area contributed by atoms with Gasteiger partial charge in [-0.15, -0.1) is 0 Å². The van der Waals surface area contributed by atoms with Crippen LogP contribution >= 0.6 is 27.5 Å². The zero-order valence-electron chi connectivity index (χ0n) is 7.26. The number of hydrogen-bond acceptors (Lipinski definition) is 2. The Morgan fingerprint density at radius 2 is 2.29 bits per heavy atom. The van der Waals surface area contributed by atoms with E-state index in [1.54, 1.807) is 6.07 Å². The van der Waals surface area contributed by atoms with E-state index in [1.165, 1.54) is 0 Å². The van der Waals surface area contributed by atoms with Crippen LogP contribution < -0.4 is 5.32 Å². The molecule has 0 saturated carbocycles. The molecule has 2 N–H and O–H groups in total. The molecule has 0 saturated heterocycles. The van der Waals surface area contributed by atoms with E-state index in [2.05, 4.69) is 21.2 Å². The highest BCUT2D eigenvalue weighted by Gasteiger charge is 2.01. The summed E-state index contributed by atoms with van der Waals surface area (Å²) >= 11 is 9.22. The maximum absolute atomic E-state index is 10.2. The third-order valence-electron chi connectivity index (χ3n) is 1.61. The molecule has 1 aromatic carbocycles. The first-order chi connectivity index (χ1) is 6.59. The Bertz CT molecular complexity index is 344. The molecule has 0 radical (unpaired) electrons. The first-order valence-electron chi connectivity index (χ1n) is 3.96. The van der Waals surface area contributed by atoms with Crippen molar-refractivity contribution in [1.29, 1.82) is 0 Å². The molecule has 0 fully saturated rings. The average molecular weight is 279 g/mol. The third kappa shape index (κ3) is 3.65. The fraction of sp³-hybridized carbons (Fsp3) is 0.222. The topological polar surface area (TPSA) is 49.3 Å². The highest BCUT2D eigenvalue weighted by molar-refractivity contribution is 9.10. The largest absolute Gasteiger partial charge is 0.480 e. The minimum absolute atomic E-state index is 0.0631. The molecule has 1 rings (SSSR count). The van der Waals surface area contributed by atoms with Crippen molar-refractivity contribution >= 4 is 33.5 Å². The van der Waals surface area contributed by atoms with E-state index < -0.39 is 5.97 Å². The molecular formula is C9H9BrClNO2. The third-order valence-corrected chi connectivity index (χ3v) is 2.45. The van der Waals surface area contributed by atoms with Crippen molar-refractivity contribution in [3.8, 4) is 0 Å². The lowest BCUT2D eigenvalue weighted by Gasteiger charge is -2.04. The molecule has 0 atom stereocenters. The lowest BCUT2D eigenvalue weighted by Crippen LogP contribution is -2.21. The van der Waals surface area contributed by atoms with Crippen LogP contribution in [0.2, 0.25) is 5.02 Å². The van der Waals surface area contributed by atoms with Crippen molar-refractivity contribution in [3.05, 3.63) is 33.3 Å². The van der Waals surface area contributed by atoms with Crippen molar-refractivity contribution in [1.82, 2.24) is 5.32 Å². The van der Waals surface area contributed by atoms with Gasteiger partial charge in [0.25, 0.3) is 0 Å². The summed E-state index contributed by atoms with van der Waals surface area (Å²) in [6, 6.07) is 5.49. The van der Waals surface area contributed by atoms with Crippen LogP contribution in [0.3, 0.4) is 0 Å². The second-order valence-electron chi connectivity index (χ2n) is 2.73. The van der Waals surface area contributed by atoms with Crippen LogP contribution in [0.25, 0.3) is 0 Å². The van der Waals surface area contributed by atoms with E-state index in [-0.39, 0.29) is 6.54 Å². The highest BCUT2D eigenvalue weighted by atomic mass is 79.9. The van der Waals surface area contributed by atoms with Crippen molar-refractivity contribution < 1.29 is 9.90 Å². The van der Waals surface area contributed by atoms with Gasteiger partial charge in [-0.3, -0.25) is 4.79 Å². The molecule has 0 spiro atoms. The smallest absolute Gasteiger partial charge is 0.317 e. The maximum Gasteiger partial charge on any atom is 0.317 e. The average Bonchev–Trinajstić information content (AvgIpc) is 2.08. The molecule has 0 aliphatic heterocycles. The Balaban J connectivity index is 2.55. The molecule has 0 bridgehead atoms. The van der Waals surface area contributed by atoms with Gasteiger partial charge in [-0.05, 0) is 17.7 Å². The summed E-state index contributed by atoms with van der Waals surface area (Å²) < 4.78 is 0.907. The summed E-state index contributed by atoms with van der Waals surface area (Å²) in [7, 11) is 0. The van der Waals surface area contributed by atoms with Crippen LogP contribution in [0.4, 0.5) is 0 Å². The van der Waals surface area contributed by atoms with Crippen LogP contribution in [0, 0.1) is 0 Å². The number of carboxylic acid groups (broad SMARTS) is 1. The SMILES string of the molecule is O=C(O)CNCc1ccc(Br)cc1Cl. The molecule has 3 nitrogen and oxygen atoms in total. The molecule has 14 heavy (non-hydrogen) atoms. The van der Waals surface area contributed by atoms with Gasteiger partial charge < -0.3 is 10.4 Å². The van der Waals surface area contributed by atoms with Gasteiger partial charge in [0.05, 0.1) is 6.54 Å². The van der Waals surface area contributed by atoms with Crippen molar-refractivity contribution in [3.63, 3.8) is 0 Å². The molecule has 5 heteroatoms. The zero-order chi connectivity index (χ0) is 10.6. The van der Waals surface area contributed by atoms with E-state index >= 15 is 0 Å². The Labute approximate surface area is 95.2 Å². The second kappa shape index (κ2) is 5.34. The number of hydrogen-bond donors (Lipinski definition) is 2. The van der Waals surface area contributed by atoms with Crippen molar-refractivity contribution in [2.45, 2.75) is 6.54 Å². The minimum Gasteiger partial charge on any atom is -0.480 e. The number of nitrogens with one attached hydrogen (secondary N) is 1. The van der Waals surface area contributed by atoms with Gasteiger partial charge in [-0.25, -0.2) is 0 Å². The predicted octanol–water partition coefficient (Wildman–Crippen LogP) is 2.28. The first kappa shape index (κ1) is 11.5.